The van der Waals surface area contributed by atoms with Gasteiger partial charge in [0, 0.05) is 12.5 Å². The lowest BCUT2D eigenvalue weighted by molar-refractivity contribution is -0.137. The number of hydrogen-bond acceptors (Lipinski definition) is 5. The van der Waals surface area contributed by atoms with Gasteiger partial charge in [0.15, 0.2) is 0 Å². The molecular formula is C20H24BrF3N2O3S. The van der Waals surface area contributed by atoms with Crippen molar-refractivity contribution < 1.29 is 27.8 Å². The number of alkyl halides is 3. The maximum Gasteiger partial charge on any atom is 0.416 e. The number of aryl methyl sites for hydroxylation is 1. The number of nitrogens with one attached hydrogen (secondary N) is 1. The molecule has 1 aromatic heterocycles. The van der Waals surface area contributed by atoms with Crippen molar-refractivity contribution in [2.75, 3.05) is 0 Å². The second kappa shape index (κ2) is 10.1. The zero-order chi connectivity index (χ0) is 22.5. The number of thiazole rings is 1. The summed E-state index contributed by atoms with van der Waals surface area (Å²) >= 11 is 4.75. The van der Waals surface area contributed by atoms with Crippen molar-refractivity contribution in [3.05, 3.63) is 49.9 Å². The van der Waals surface area contributed by atoms with Crippen LogP contribution in [-0.2, 0) is 30.4 Å². The number of ether oxygens (including phenoxy) is 1. The Morgan fingerprint density at radius 3 is 2.40 bits per heavy atom. The molecule has 2 rings (SSSR count). The summed E-state index contributed by atoms with van der Waals surface area (Å²) in [7, 11) is 0. The molecule has 0 bridgehead atoms. The van der Waals surface area contributed by atoms with Gasteiger partial charge in [-0.05, 0) is 67.2 Å². The van der Waals surface area contributed by atoms with E-state index in [9.17, 15) is 23.1 Å². The number of carbonyl (C=O) groups excluding carboxylic acids is 1. The summed E-state index contributed by atoms with van der Waals surface area (Å²) in [6.45, 7) is 5.07. The van der Waals surface area contributed by atoms with E-state index in [1.54, 1.807) is 20.8 Å². The Morgan fingerprint density at radius 2 is 1.90 bits per heavy atom. The number of aromatic nitrogens is 1. The van der Waals surface area contributed by atoms with Crippen molar-refractivity contribution in [1.82, 2.24) is 10.3 Å². The minimum absolute atomic E-state index is 0.178. The van der Waals surface area contributed by atoms with Crippen LogP contribution in [0, 0.1) is 0 Å². The average molecular weight is 509 g/mol. The van der Waals surface area contributed by atoms with E-state index in [2.05, 4.69) is 26.2 Å². The largest absolute Gasteiger partial charge is 0.444 e. The highest BCUT2D eigenvalue weighted by atomic mass is 79.9. The highest BCUT2D eigenvalue weighted by Crippen LogP contribution is 2.29. The van der Waals surface area contributed by atoms with Crippen LogP contribution in [0.5, 0.6) is 0 Å². The Morgan fingerprint density at radius 1 is 1.27 bits per heavy atom. The molecule has 166 valence electrons. The van der Waals surface area contributed by atoms with Gasteiger partial charge in [-0.25, -0.2) is 9.78 Å². The first-order valence-electron chi connectivity index (χ1n) is 9.28. The number of alkyl carbamates (subject to hydrolysis) is 1. The van der Waals surface area contributed by atoms with Crippen LogP contribution >= 0.6 is 27.3 Å². The molecule has 10 heteroatoms. The lowest BCUT2D eigenvalue weighted by Crippen LogP contribution is -2.40. The zero-order valence-electron chi connectivity index (χ0n) is 16.8. The van der Waals surface area contributed by atoms with Crippen molar-refractivity contribution in [2.45, 2.75) is 64.5 Å². The third-order valence-corrected chi connectivity index (χ3v) is 5.92. The second-order valence-electron chi connectivity index (χ2n) is 7.77. The third kappa shape index (κ3) is 7.88. The van der Waals surface area contributed by atoms with Crippen LogP contribution in [0.1, 0.15) is 49.0 Å². The molecule has 5 nitrogen and oxygen atoms in total. The molecule has 1 unspecified atom stereocenters. The van der Waals surface area contributed by atoms with E-state index in [0.29, 0.717) is 30.5 Å². The number of carbonyl (C=O) groups is 1. The van der Waals surface area contributed by atoms with E-state index in [-0.39, 0.29) is 12.6 Å². The van der Waals surface area contributed by atoms with Gasteiger partial charge in [-0.15, -0.1) is 11.3 Å². The van der Waals surface area contributed by atoms with Crippen LogP contribution in [0.15, 0.2) is 28.1 Å². The van der Waals surface area contributed by atoms with Crippen molar-refractivity contribution in [3.63, 3.8) is 0 Å². The van der Waals surface area contributed by atoms with Crippen LogP contribution in [0.25, 0.3) is 0 Å². The Balaban J connectivity index is 2.10. The van der Waals surface area contributed by atoms with Crippen LogP contribution in [0.4, 0.5) is 18.0 Å². The maximum atomic E-state index is 12.8. The minimum atomic E-state index is -4.39. The number of amides is 1. The Kier molecular flexibility index (Phi) is 8.29. The molecule has 0 fully saturated rings. The normalized spacial score (nSPS) is 13.2. The number of nitrogens with zero attached hydrogens (tertiary/aromatic N) is 1. The summed E-state index contributed by atoms with van der Waals surface area (Å²) in [5, 5.41) is 12.9. The first-order valence-corrected chi connectivity index (χ1v) is 10.9. The van der Waals surface area contributed by atoms with Gasteiger partial charge in [0.1, 0.15) is 5.60 Å². The van der Waals surface area contributed by atoms with Crippen molar-refractivity contribution in [1.29, 1.82) is 0 Å². The van der Waals surface area contributed by atoms with E-state index in [4.69, 9.17) is 4.74 Å². The first-order chi connectivity index (χ1) is 13.9. The van der Waals surface area contributed by atoms with Gasteiger partial charge in [0.25, 0.3) is 0 Å². The molecule has 0 aliphatic carbocycles. The summed E-state index contributed by atoms with van der Waals surface area (Å²) < 4.78 is 44.4. The summed E-state index contributed by atoms with van der Waals surface area (Å²) in [5.74, 6) is 0. The predicted octanol–water partition coefficient (Wildman–Crippen LogP) is 5.49. The van der Waals surface area contributed by atoms with E-state index < -0.39 is 23.4 Å². The summed E-state index contributed by atoms with van der Waals surface area (Å²) in [6, 6.07) is 4.53. The van der Waals surface area contributed by atoms with E-state index in [1.165, 1.54) is 23.5 Å². The quantitative estimate of drug-likeness (QED) is 0.518. The fraction of sp³-hybridized carbons (Fsp3) is 0.500. The van der Waals surface area contributed by atoms with Gasteiger partial charge in [-0.1, -0.05) is 12.1 Å². The SMILES string of the molecule is CC(C)(C)OC(=O)NC(CCc1nc(CO)c(Br)s1)Cc1ccc(C(F)(F)F)cc1. The summed E-state index contributed by atoms with van der Waals surface area (Å²) in [6.07, 6.45) is -3.60. The Bertz CT molecular complexity index is 848. The van der Waals surface area contributed by atoms with Crippen molar-refractivity contribution in [2.24, 2.45) is 0 Å². The first kappa shape index (κ1) is 24.6. The molecule has 0 saturated carbocycles. The van der Waals surface area contributed by atoms with Gasteiger partial charge >= 0.3 is 12.3 Å². The fourth-order valence-corrected chi connectivity index (χ4v) is 4.28. The number of rotatable bonds is 7. The van der Waals surface area contributed by atoms with Crippen molar-refractivity contribution >= 4 is 33.4 Å². The number of halogens is 4. The lowest BCUT2D eigenvalue weighted by Gasteiger charge is -2.24. The topological polar surface area (TPSA) is 71.5 Å². The predicted molar refractivity (Wildman–Crippen MR) is 112 cm³/mol. The fourth-order valence-electron chi connectivity index (χ4n) is 2.70. The monoisotopic (exact) mass is 508 g/mol. The number of aliphatic hydroxyl groups is 1. The van der Waals surface area contributed by atoms with Crippen LogP contribution < -0.4 is 5.32 Å². The molecule has 1 amide bonds. The van der Waals surface area contributed by atoms with Gasteiger partial charge in [0.05, 0.1) is 26.7 Å². The average Bonchev–Trinajstić information content (AvgIpc) is 2.97. The molecule has 1 heterocycles. The molecule has 0 aliphatic rings. The summed E-state index contributed by atoms with van der Waals surface area (Å²) in [5.41, 5.74) is -0.166. The standard InChI is InChI=1S/C20H24BrF3N2O3S/c1-19(2,3)29-18(28)25-14(8-9-16-26-15(11-27)17(21)30-16)10-12-4-6-13(7-5-12)20(22,23)24/h4-7,14,27H,8-11H2,1-3H3,(H,25,28). The number of aliphatic hydroxyl groups excluding tert-OH is 1. The maximum absolute atomic E-state index is 12.8. The van der Waals surface area contributed by atoms with Crippen LogP contribution in [-0.4, -0.2) is 27.8 Å². The number of benzene rings is 1. The summed E-state index contributed by atoms with van der Waals surface area (Å²) in [4.78, 5) is 16.6. The molecule has 30 heavy (non-hydrogen) atoms. The molecule has 2 N–H and O–H groups in total. The van der Waals surface area contributed by atoms with E-state index >= 15 is 0 Å². The molecule has 0 spiro atoms. The molecule has 1 atom stereocenters. The molecular weight excluding hydrogens is 485 g/mol. The molecule has 1 aromatic carbocycles. The van der Waals surface area contributed by atoms with Crippen molar-refractivity contribution in [3.8, 4) is 0 Å². The molecule has 0 radical (unpaired) electrons. The highest BCUT2D eigenvalue weighted by Gasteiger charge is 2.30. The zero-order valence-corrected chi connectivity index (χ0v) is 19.2. The third-order valence-electron chi connectivity index (χ3n) is 4.03. The van der Waals surface area contributed by atoms with Gasteiger partial charge in [0.2, 0.25) is 0 Å². The number of hydrogen-bond donors (Lipinski definition) is 2. The Hall–Kier alpha value is -1.65. The van der Waals surface area contributed by atoms with Crippen LogP contribution in [0.2, 0.25) is 0 Å². The second-order valence-corrected chi connectivity index (χ2v) is 10.2. The van der Waals surface area contributed by atoms with Gasteiger partial charge in [-0.2, -0.15) is 13.2 Å². The smallest absolute Gasteiger partial charge is 0.416 e. The molecule has 0 saturated heterocycles. The van der Waals surface area contributed by atoms with Gasteiger partial charge < -0.3 is 15.2 Å². The molecule has 2 aromatic rings. The van der Waals surface area contributed by atoms with Gasteiger partial charge in [-0.3, -0.25) is 0 Å². The van der Waals surface area contributed by atoms with Crippen LogP contribution in [0.3, 0.4) is 0 Å². The highest BCUT2D eigenvalue weighted by molar-refractivity contribution is 9.11. The minimum Gasteiger partial charge on any atom is -0.444 e. The Labute approximate surface area is 185 Å². The van der Waals surface area contributed by atoms with E-state index in [1.807, 2.05) is 0 Å². The van der Waals surface area contributed by atoms with E-state index in [0.717, 1.165) is 20.9 Å². The molecule has 0 aliphatic heterocycles. The lowest BCUT2D eigenvalue weighted by atomic mass is 10.0.